The standard InChI is InChI=1S/C17H18BrNO2/c1-11-2-7-16(19(10-11)17(20)21)13-4-3-12-5-6-15(18)9-14(12)8-13/h3-6,8-9,11,16H,2,7,10H2,1H3,(H,20,21)/t11-,16+/m0/s1. The number of nitrogens with zero attached hydrogens (tertiary/aromatic N) is 1. The van der Waals surface area contributed by atoms with E-state index in [1.807, 2.05) is 6.07 Å². The van der Waals surface area contributed by atoms with Crippen molar-refractivity contribution in [2.75, 3.05) is 6.54 Å². The predicted octanol–water partition coefficient (Wildman–Crippen LogP) is 5.05. The second kappa shape index (κ2) is 5.68. The molecule has 0 aliphatic carbocycles. The van der Waals surface area contributed by atoms with E-state index in [0.717, 1.165) is 28.3 Å². The summed E-state index contributed by atoms with van der Waals surface area (Å²) in [6, 6.07) is 12.4. The van der Waals surface area contributed by atoms with E-state index in [1.54, 1.807) is 4.90 Å². The van der Waals surface area contributed by atoms with Gasteiger partial charge < -0.3 is 10.0 Å². The van der Waals surface area contributed by atoms with Crippen LogP contribution >= 0.6 is 15.9 Å². The van der Waals surface area contributed by atoms with E-state index in [0.29, 0.717) is 12.5 Å². The third-order valence-corrected chi connectivity index (χ3v) is 4.77. The van der Waals surface area contributed by atoms with Gasteiger partial charge in [0, 0.05) is 11.0 Å². The van der Waals surface area contributed by atoms with Crippen molar-refractivity contribution in [1.29, 1.82) is 0 Å². The zero-order chi connectivity index (χ0) is 15.0. The summed E-state index contributed by atoms with van der Waals surface area (Å²) in [5, 5.41) is 11.8. The average molecular weight is 348 g/mol. The molecule has 1 aliphatic heterocycles. The SMILES string of the molecule is C[C@H]1CC[C@H](c2ccc3ccc(Br)cc3c2)N(C(=O)O)C1. The molecule has 2 atom stereocenters. The van der Waals surface area contributed by atoms with Crippen LogP contribution in [0.2, 0.25) is 0 Å². The molecule has 0 saturated carbocycles. The fourth-order valence-corrected chi connectivity index (χ4v) is 3.53. The molecule has 21 heavy (non-hydrogen) atoms. The van der Waals surface area contributed by atoms with Gasteiger partial charge >= 0.3 is 6.09 Å². The number of amides is 1. The molecule has 2 aromatic rings. The summed E-state index contributed by atoms with van der Waals surface area (Å²) in [6.45, 7) is 2.74. The van der Waals surface area contributed by atoms with Gasteiger partial charge in [-0.1, -0.05) is 41.1 Å². The Hall–Kier alpha value is -1.55. The van der Waals surface area contributed by atoms with Crippen molar-refractivity contribution in [2.45, 2.75) is 25.8 Å². The van der Waals surface area contributed by atoms with Crippen molar-refractivity contribution in [3.63, 3.8) is 0 Å². The summed E-state index contributed by atoms with van der Waals surface area (Å²) in [6.07, 6.45) is 1.15. The number of benzene rings is 2. The van der Waals surface area contributed by atoms with Crippen molar-refractivity contribution in [3.8, 4) is 0 Å². The van der Waals surface area contributed by atoms with Gasteiger partial charge in [-0.05, 0) is 53.3 Å². The highest BCUT2D eigenvalue weighted by Gasteiger charge is 2.30. The first kappa shape index (κ1) is 14.4. The Morgan fingerprint density at radius 2 is 1.95 bits per heavy atom. The fraction of sp³-hybridized carbons (Fsp3) is 0.353. The molecule has 1 N–H and O–H groups in total. The van der Waals surface area contributed by atoms with E-state index in [2.05, 4.69) is 53.2 Å². The van der Waals surface area contributed by atoms with E-state index in [1.165, 1.54) is 5.39 Å². The van der Waals surface area contributed by atoms with E-state index in [-0.39, 0.29) is 6.04 Å². The van der Waals surface area contributed by atoms with Gasteiger partial charge in [-0.2, -0.15) is 0 Å². The molecule has 0 radical (unpaired) electrons. The maximum Gasteiger partial charge on any atom is 0.407 e. The van der Waals surface area contributed by atoms with Crippen LogP contribution < -0.4 is 0 Å². The predicted molar refractivity (Wildman–Crippen MR) is 87.5 cm³/mol. The Morgan fingerprint density at radius 1 is 1.19 bits per heavy atom. The van der Waals surface area contributed by atoms with Gasteiger partial charge in [0.2, 0.25) is 0 Å². The lowest BCUT2D eigenvalue weighted by Crippen LogP contribution is -2.40. The summed E-state index contributed by atoms with van der Waals surface area (Å²) in [5.74, 6) is 0.437. The first-order valence-corrected chi connectivity index (χ1v) is 8.02. The highest BCUT2D eigenvalue weighted by molar-refractivity contribution is 9.10. The molecule has 1 heterocycles. The number of hydrogen-bond acceptors (Lipinski definition) is 1. The molecule has 0 unspecified atom stereocenters. The average Bonchev–Trinajstić information content (AvgIpc) is 2.46. The lowest BCUT2D eigenvalue weighted by molar-refractivity contribution is 0.0900. The molecule has 0 spiro atoms. The van der Waals surface area contributed by atoms with Crippen LogP contribution in [0.3, 0.4) is 0 Å². The van der Waals surface area contributed by atoms with Crippen molar-refractivity contribution >= 4 is 32.8 Å². The number of hydrogen-bond donors (Lipinski definition) is 1. The molecule has 110 valence electrons. The van der Waals surface area contributed by atoms with Gasteiger partial charge in [0.05, 0.1) is 6.04 Å². The molecule has 4 heteroatoms. The van der Waals surface area contributed by atoms with E-state index in [4.69, 9.17) is 0 Å². The van der Waals surface area contributed by atoms with Crippen molar-refractivity contribution in [1.82, 2.24) is 4.90 Å². The minimum atomic E-state index is -0.819. The maximum atomic E-state index is 11.5. The molecule has 0 bridgehead atoms. The first-order chi connectivity index (χ1) is 10.0. The second-order valence-corrected chi connectivity index (χ2v) is 6.80. The van der Waals surface area contributed by atoms with Crippen molar-refractivity contribution in [3.05, 3.63) is 46.4 Å². The van der Waals surface area contributed by atoms with E-state index >= 15 is 0 Å². The smallest absolute Gasteiger partial charge is 0.407 e. The van der Waals surface area contributed by atoms with Crippen LogP contribution in [-0.2, 0) is 0 Å². The molecular formula is C17H18BrNO2. The molecule has 1 amide bonds. The molecule has 2 aromatic carbocycles. The number of fused-ring (bicyclic) bond motifs is 1. The van der Waals surface area contributed by atoms with E-state index < -0.39 is 6.09 Å². The van der Waals surface area contributed by atoms with Gasteiger partial charge in [0.15, 0.2) is 0 Å². The van der Waals surface area contributed by atoms with Crippen LogP contribution in [0, 0.1) is 5.92 Å². The van der Waals surface area contributed by atoms with Crippen LogP contribution in [0.4, 0.5) is 4.79 Å². The van der Waals surface area contributed by atoms with Crippen LogP contribution in [0.1, 0.15) is 31.4 Å². The van der Waals surface area contributed by atoms with Gasteiger partial charge in [0.1, 0.15) is 0 Å². The number of carbonyl (C=O) groups is 1. The summed E-state index contributed by atoms with van der Waals surface area (Å²) >= 11 is 3.49. The van der Waals surface area contributed by atoms with Gasteiger partial charge in [-0.3, -0.25) is 0 Å². The normalized spacial score (nSPS) is 22.5. The van der Waals surface area contributed by atoms with Crippen molar-refractivity contribution < 1.29 is 9.90 Å². The second-order valence-electron chi connectivity index (χ2n) is 5.88. The van der Waals surface area contributed by atoms with Crippen molar-refractivity contribution in [2.24, 2.45) is 5.92 Å². The monoisotopic (exact) mass is 347 g/mol. The molecule has 0 aromatic heterocycles. The highest BCUT2D eigenvalue weighted by atomic mass is 79.9. The fourth-order valence-electron chi connectivity index (χ4n) is 3.15. The lowest BCUT2D eigenvalue weighted by Gasteiger charge is -2.37. The zero-order valence-electron chi connectivity index (χ0n) is 11.9. The maximum absolute atomic E-state index is 11.5. The number of halogens is 1. The first-order valence-electron chi connectivity index (χ1n) is 7.23. The molecule has 3 rings (SSSR count). The third-order valence-electron chi connectivity index (χ3n) is 4.27. The Bertz CT molecular complexity index is 686. The number of carboxylic acid groups (broad SMARTS) is 1. The van der Waals surface area contributed by atoms with Crippen LogP contribution in [0.5, 0.6) is 0 Å². The quantitative estimate of drug-likeness (QED) is 0.783. The van der Waals surface area contributed by atoms with Crippen LogP contribution in [0.15, 0.2) is 40.9 Å². The molecule has 3 nitrogen and oxygen atoms in total. The summed E-state index contributed by atoms with van der Waals surface area (Å²) in [4.78, 5) is 13.1. The largest absolute Gasteiger partial charge is 0.465 e. The Morgan fingerprint density at radius 3 is 2.71 bits per heavy atom. The minimum absolute atomic E-state index is 0.0259. The van der Waals surface area contributed by atoms with Gasteiger partial charge in [-0.15, -0.1) is 0 Å². The Labute approximate surface area is 132 Å². The summed E-state index contributed by atoms with van der Waals surface area (Å²) in [5.41, 5.74) is 1.09. The Balaban J connectivity index is 1.99. The van der Waals surface area contributed by atoms with E-state index in [9.17, 15) is 9.90 Å². The summed E-state index contributed by atoms with van der Waals surface area (Å²) in [7, 11) is 0. The Kier molecular flexibility index (Phi) is 3.89. The third kappa shape index (κ3) is 2.91. The summed E-state index contributed by atoms with van der Waals surface area (Å²) < 4.78 is 1.04. The number of likely N-dealkylation sites (tertiary alicyclic amines) is 1. The highest BCUT2D eigenvalue weighted by Crippen LogP contribution is 2.34. The van der Waals surface area contributed by atoms with Crippen LogP contribution in [-0.4, -0.2) is 22.6 Å². The minimum Gasteiger partial charge on any atom is -0.465 e. The number of piperidine rings is 1. The molecular weight excluding hydrogens is 330 g/mol. The molecule has 1 aliphatic rings. The molecule has 1 fully saturated rings. The topological polar surface area (TPSA) is 40.5 Å². The van der Waals surface area contributed by atoms with Crippen LogP contribution in [0.25, 0.3) is 10.8 Å². The molecule has 1 saturated heterocycles. The van der Waals surface area contributed by atoms with Gasteiger partial charge in [-0.25, -0.2) is 4.79 Å². The lowest BCUT2D eigenvalue weighted by atomic mass is 9.89. The zero-order valence-corrected chi connectivity index (χ0v) is 13.5. The van der Waals surface area contributed by atoms with Gasteiger partial charge in [0.25, 0.3) is 0 Å². The number of rotatable bonds is 1.